The van der Waals surface area contributed by atoms with Crippen LogP contribution >= 0.6 is 23.2 Å². The molecule has 0 aliphatic heterocycles. The van der Waals surface area contributed by atoms with Crippen LogP contribution in [0.2, 0.25) is 10.0 Å². The lowest BCUT2D eigenvalue weighted by molar-refractivity contribution is 1.30. The molecule has 1 nitrogen and oxygen atoms in total. The minimum atomic E-state index is 0.742. The Morgan fingerprint density at radius 3 is 2.28 bits per heavy atom. The molecule has 2 aromatic carbocycles. The summed E-state index contributed by atoms with van der Waals surface area (Å²) < 4.78 is 0. The molecule has 0 amide bonds. The van der Waals surface area contributed by atoms with Gasteiger partial charge < -0.3 is 4.98 Å². The molecule has 0 atom stereocenters. The Morgan fingerprint density at radius 1 is 0.889 bits per heavy atom. The van der Waals surface area contributed by atoms with Crippen molar-refractivity contribution in [2.75, 3.05) is 0 Å². The molecule has 3 heteroatoms. The van der Waals surface area contributed by atoms with E-state index >= 15 is 0 Å². The number of aryl methyl sites for hydroxylation is 1. The molecule has 0 aliphatic rings. The van der Waals surface area contributed by atoms with Crippen LogP contribution in [0.4, 0.5) is 0 Å². The van der Waals surface area contributed by atoms with E-state index in [0.717, 1.165) is 26.8 Å². The van der Waals surface area contributed by atoms with E-state index in [4.69, 9.17) is 23.2 Å². The van der Waals surface area contributed by atoms with Gasteiger partial charge in [-0.1, -0.05) is 41.4 Å². The Morgan fingerprint density at radius 2 is 1.56 bits per heavy atom. The van der Waals surface area contributed by atoms with E-state index in [1.165, 1.54) is 10.9 Å². The second kappa shape index (κ2) is 4.34. The largest absolute Gasteiger partial charge is 0.358 e. The van der Waals surface area contributed by atoms with Crippen LogP contribution in [-0.2, 0) is 0 Å². The van der Waals surface area contributed by atoms with Gasteiger partial charge in [-0.25, -0.2) is 0 Å². The van der Waals surface area contributed by atoms with Gasteiger partial charge in [0, 0.05) is 32.2 Å². The second-order valence-electron chi connectivity index (χ2n) is 4.32. The van der Waals surface area contributed by atoms with Crippen molar-refractivity contribution in [1.82, 2.24) is 4.98 Å². The summed E-state index contributed by atoms with van der Waals surface area (Å²) >= 11 is 11.9. The lowest BCUT2D eigenvalue weighted by Crippen LogP contribution is -1.79. The predicted molar refractivity (Wildman–Crippen MR) is 78.5 cm³/mol. The van der Waals surface area contributed by atoms with E-state index in [-0.39, 0.29) is 0 Å². The fourth-order valence-corrected chi connectivity index (χ4v) is 2.59. The molecule has 0 fully saturated rings. The molecule has 90 valence electrons. The average Bonchev–Trinajstić information content (AvgIpc) is 2.65. The van der Waals surface area contributed by atoms with Crippen molar-refractivity contribution in [1.29, 1.82) is 0 Å². The van der Waals surface area contributed by atoms with Crippen LogP contribution < -0.4 is 0 Å². The summed E-state index contributed by atoms with van der Waals surface area (Å²) in [6, 6.07) is 13.8. The van der Waals surface area contributed by atoms with Gasteiger partial charge in [0.25, 0.3) is 0 Å². The molecular formula is C15H11Cl2N. The van der Waals surface area contributed by atoms with E-state index in [9.17, 15) is 0 Å². The minimum Gasteiger partial charge on any atom is -0.358 e. The molecule has 0 unspecified atom stereocenters. The van der Waals surface area contributed by atoms with Crippen molar-refractivity contribution < 1.29 is 0 Å². The first kappa shape index (κ1) is 11.6. The molecule has 0 aliphatic carbocycles. The van der Waals surface area contributed by atoms with Gasteiger partial charge in [0.1, 0.15) is 0 Å². The van der Waals surface area contributed by atoms with Crippen molar-refractivity contribution in [3.05, 3.63) is 58.2 Å². The number of fused-ring (bicyclic) bond motifs is 1. The van der Waals surface area contributed by atoms with Crippen LogP contribution in [-0.4, -0.2) is 4.98 Å². The lowest BCUT2D eigenvalue weighted by Gasteiger charge is -2.02. The quantitative estimate of drug-likeness (QED) is 0.608. The normalized spacial score (nSPS) is 11.1. The third-order valence-corrected chi connectivity index (χ3v) is 3.57. The Labute approximate surface area is 115 Å². The van der Waals surface area contributed by atoms with Gasteiger partial charge in [0.2, 0.25) is 0 Å². The van der Waals surface area contributed by atoms with Crippen molar-refractivity contribution in [3.63, 3.8) is 0 Å². The zero-order valence-electron chi connectivity index (χ0n) is 9.80. The third-order valence-electron chi connectivity index (χ3n) is 3.08. The van der Waals surface area contributed by atoms with Crippen LogP contribution in [0, 0.1) is 6.92 Å². The SMILES string of the molecule is Cc1[nH]c2cc(Cl)ccc2c1-c1ccc(Cl)cc1. The van der Waals surface area contributed by atoms with Gasteiger partial charge >= 0.3 is 0 Å². The number of nitrogens with one attached hydrogen (secondary N) is 1. The highest BCUT2D eigenvalue weighted by atomic mass is 35.5. The lowest BCUT2D eigenvalue weighted by atomic mass is 10.0. The zero-order valence-corrected chi connectivity index (χ0v) is 11.3. The summed E-state index contributed by atoms with van der Waals surface area (Å²) in [5, 5.41) is 2.67. The first-order chi connectivity index (χ1) is 8.65. The van der Waals surface area contributed by atoms with E-state index in [1.807, 2.05) is 42.5 Å². The van der Waals surface area contributed by atoms with Crippen molar-refractivity contribution in [2.45, 2.75) is 6.92 Å². The van der Waals surface area contributed by atoms with Crippen molar-refractivity contribution in [2.24, 2.45) is 0 Å². The molecule has 1 N–H and O–H groups in total. The number of rotatable bonds is 1. The monoisotopic (exact) mass is 275 g/mol. The zero-order chi connectivity index (χ0) is 12.7. The minimum absolute atomic E-state index is 0.742. The summed E-state index contributed by atoms with van der Waals surface area (Å²) in [5.41, 5.74) is 4.56. The Kier molecular flexibility index (Phi) is 2.81. The number of benzene rings is 2. The molecule has 18 heavy (non-hydrogen) atoms. The van der Waals surface area contributed by atoms with Crippen LogP contribution in [0.25, 0.3) is 22.0 Å². The predicted octanol–water partition coefficient (Wildman–Crippen LogP) is 5.45. The number of hydrogen-bond acceptors (Lipinski definition) is 0. The molecule has 1 aromatic heterocycles. The highest BCUT2D eigenvalue weighted by Gasteiger charge is 2.10. The Bertz CT molecular complexity index is 711. The van der Waals surface area contributed by atoms with Crippen LogP contribution in [0.15, 0.2) is 42.5 Å². The van der Waals surface area contributed by atoms with E-state index in [2.05, 4.69) is 11.9 Å². The van der Waals surface area contributed by atoms with Gasteiger partial charge in [-0.15, -0.1) is 0 Å². The Balaban J connectivity index is 2.28. The maximum atomic E-state index is 6.01. The third kappa shape index (κ3) is 1.90. The number of aromatic nitrogens is 1. The van der Waals surface area contributed by atoms with Gasteiger partial charge in [0.15, 0.2) is 0 Å². The second-order valence-corrected chi connectivity index (χ2v) is 5.19. The van der Waals surface area contributed by atoms with Gasteiger partial charge in [-0.3, -0.25) is 0 Å². The van der Waals surface area contributed by atoms with Gasteiger partial charge in [-0.2, -0.15) is 0 Å². The summed E-state index contributed by atoms with van der Waals surface area (Å²) in [6.45, 7) is 2.07. The van der Waals surface area contributed by atoms with E-state index < -0.39 is 0 Å². The number of halogens is 2. The molecule has 3 aromatic rings. The van der Waals surface area contributed by atoms with E-state index in [0.29, 0.717) is 0 Å². The smallest absolute Gasteiger partial charge is 0.0477 e. The average molecular weight is 276 g/mol. The highest BCUT2D eigenvalue weighted by Crippen LogP contribution is 2.33. The molecule has 0 saturated heterocycles. The molecular weight excluding hydrogens is 265 g/mol. The fourth-order valence-electron chi connectivity index (χ4n) is 2.29. The number of hydrogen-bond donors (Lipinski definition) is 1. The first-order valence-corrected chi connectivity index (χ1v) is 6.44. The number of aromatic amines is 1. The maximum Gasteiger partial charge on any atom is 0.0477 e. The summed E-state index contributed by atoms with van der Waals surface area (Å²) in [4.78, 5) is 3.36. The standard InChI is InChI=1S/C15H11Cl2N/c1-9-15(10-2-4-11(16)5-3-10)13-7-6-12(17)8-14(13)18-9/h2-8,18H,1H3. The van der Waals surface area contributed by atoms with Crippen LogP contribution in [0.1, 0.15) is 5.69 Å². The number of H-pyrrole nitrogens is 1. The molecule has 1 heterocycles. The summed E-state index contributed by atoms with van der Waals surface area (Å²) in [6.07, 6.45) is 0. The van der Waals surface area contributed by atoms with Crippen molar-refractivity contribution >= 4 is 34.1 Å². The van der Waals surface area contributed by atoms with Crippen LogP contribution in [0.5, 0.6) is 0 Å². The fraction of sp³-hybridized carbons (Fsp3) is 0.0667. The first-order valence-electron chi connectivity index (χ1n) is 5.69. The maximum absolute atomic E-state index is 6.01. The highest BCUT2D eigenvalue weighted by molar-refractivity contribution is 6.31. The summed E-state index contributed by atoms with van der Waals surface area (Å²) in [5.74, 6) is 0. The molecule has 0 saturated carbocycles. The van der Waals surface area contributed by atoms with Crippen molar-refractivity contribution in [3.8, 4) is 11.1 Å². The van der Waals surface area contributed by atoms with E-state index in [1.54, 1.807) is 0 Å². The molecule has 0 radical (unpaired) electrons. The molecule has 0 bridgehead atoms. The topological polar surface area (TPSA) is 15.8 Å². The molecule has 3 rings (SSSR count). The van der Waals surface area contributed by atoms with Gasteiger partial charge in [-0.05, 0) is 36.8 Å². The summed E-state index contributed by atoms with van der Waals surface area (Å²) in [7, 11) is 0. The van der Waals surface area contributed by atoms with Gasteiger partial charge in [0.05, 0.1) is 0 Å². The van der Waals surface area contributed by atoms with Crippen LogP contribution in [0.3, 0.4) is 0 Å². The molecule has 0 spiro atoms. The Hall–Kier alpha value is -1.44.